The van der Waals surface area contributed by atoms with Crippen molar-refractivity contribution in [3.8, 4) is 18.2 Å². The number of aromatic hydroxyl groups is 1. The maximum atomic E-state index is 14.0. The molecule has 0 spiro atoms. The van der Waals surface area contributed by atoms with E-state index < -0.39 is 35.6 Å². The summed E-state index contributed by atoms with van der Waals surface area (Å²) in [5.74, 6) is -1.38. The van der Waals surface area contributed by atoms with Crippen molar-refractivity contribution in [2.24, 2.45) is 0 Å². The van der Waals surface area contributed by atoms with Crippen LogP contribution in [0.5, 0.6) is 5.75 Å². The van der Waals surface area contributed by atoms with Crippen molar-refractivity contribution in [1.82, 2.24) is 10.2 Å². The third kappa shape index (κ3) is 8.11. The molecule has 0 saturated heterocycles. The summed E-state index contributed by atoms with van der Waals surface area (Å²) in [6, 6.07) is 22.1. The Morgan fingerprint density at radius 1 is 1.00 bits per heavy atom. The van der Waals surface area contributed by atoms with Crippen LogP contribution in [0.25, 0.3) is 0 Å². The molecule has 202 valence electrons. The van der Waals surface area contributed by atoms with Crippen molar-refractivity contribution in [2.75, 3.05) is 5.32 Å². The molecular formula is C31H33N3O5. The van der Waals surface area contributed by atoms with Gasteiger partial charge < -0.3 is 20.5 Å². The Kier molecular flexibility index (Phi) is 9.34. The van der Waals surface area contributed by atoms with Crippen molar-refractivity contribution < 1.29 is 24.2 Å². The molecule has 0 aromatic heterocycles. The second-order valence-corrected chi connectivity index (χ2v) is 10.0. The average Bonchev–Trinajstić information content (AvgIpc) is 2.87. The molecule has 0 bridgehead atoms. The van der Waals surface area contributed by atoms with Crippen LogP contribution in [0.2, 0.25) is 0 Å². The van der Waals surface area contributed by atoms with E-state index in [2.05, 4.69) is 16.7 Å². The Balaban J connectivity index is 2.01. The van der Waals surface area contributed by atoms with Gasteiger partial charge in [-0.1, -0.05) is 67.1 Å². The number of phenols is 1. The van der Waals surface area contributed by atoms with Gasteiger partial charge in [0.05, 0.1) is 0 Å². The molecule has 0 aliphatic carbocycles. The van der Waals surface area contributed by atoms with Gasteiger partial charge in [-0.3, -0.25) is 14.5 Å². The molecule has 0 aliphatic heterocycles. The maximum absolute atomic E-state index is 14.0. The summed E-state index contributed by atoms with van der Waals surface area (Å²) < 4.78 is 5.39. The lowest BCUT2D eigenvalue weighted by Gasteiger charge is -2.30. The summed E-state index contributed by atoms with van der Waals surface area (Å²) in [5, 5.41) is 15.6. The van der Waals surface area contributed by atoms with Crippen molar-refractivity contribution in [1.29, 1.82) is 0 Å². The van der Waals surface area contributed by atoms with Gasteiger partial charge in [0.25, 0.3) is 11.8 Å². The van der Waals surface area contributed by atoms with Crippen LogP contribution in [-0.4, -0.2) is 39.6 Å². The first kappa shape index (κ1) is 28.8. The van der Waals surface area contributed by atoms with Crippen LogP contribution in [0.15, 0.2) is 78.9 Å². The molecule has 0 heterocycles. The molecule has 3 aromatic carbocycles. The number of aryl methyl sites for hydroxylation is 1. The lowest BCUT2D eigenvalue weighted by molar-refractivity contribution is -0.136. The Hall–Kier alpha value is -4.77. The average molecular weight is 528 g/mol. The van der Waals surface area contributed by atoms with E-state index >= 15 is 0 Å². The number of terminal acetylenes is 1. The Labute approximate surface area is 229 Å². The number of carbonyl (C=O) groups excluding carboxylic acids is 3. The fraction of sp³-hybridized carbons (Fsp3) is 0.258. The highest BCUT2D eigenvalue weighted by Gasteiger charge is 2.36. The number of amides is 3. The van der Waals surface area contributed by atoms with Crippen LogP contribution in [0.3, 0.4) is 0 Å². The van der Waals surface area contributed by atoms with Gasteiger partial charge >= 0.3 is 6.09 Å². The number of carbonyl (C=O) groups is 3. The number of rotatable bonds is 8. The molecule has 2 unspecified atom stereocenters. The monoisotopic (exact) mass is 527 g/mol. The van der Waals surface area contributed by atoms with E-state index in [-0.39, 0.29) is 12.2 Å². The van der Waals surface area contributed by atoms with E-state index in [0.717, 1.165) is 16.0 Å². The summed E-state index contributed by atoms with van der Waals surface area (Å²) in [6.07, 6.45) is 5.14. The van der Waals surface area contributed by atoms with Crippen LogP contribution < -0.4 is 10.6 Å². The lowest BCUT2D eigenvalue weighted by atomic mass is 10.0. The first-order chi connectivity index (χ1) is 18.5. The van der Waals surface area contributed by atoms with Crippen molar-refractivity contribution in [3.63, 3.8) is 0 Å². The van der Waals surface area contributed by atoms with Gasteiger partial charge in [-0.05, 0) is 62.6 Å². The number of ether oxygens (including phenoxy) is 1. The summed E-state index contributed by atoms with van der Waals surface area (Å²) >= 11 is 0. The zero-order valence-electron chi connectivity index (χ0n) is 22.5. The number of anilines is 1. The van der Waals surface area contributed by atoms with Crippen molar-refractivity contribution >= 4 is 23.6 Å². The molecule has 0 saturated carbocycles. The van der Waals surface area contributed by atoms with E-state index in [1.165, 1.54) is 12.1 Å². The summed E-state index contributed by atoms with van der Waals surface area (Å²) in [5.41, 5.74) is 1.62. The maximum Gasteiger partial charge on any atom is 0.408 e. The number of para-hydroxylation sites is 1. The topological polar surface area (TPSA) is 108 Å². The second-order valence-electron chi connectivity index (χ2n) is 10.0. The fourth-order valence-corrected chi connectivity index (χ4v) is 3.96. The molecule has 8 heteroatoms. The van der Waals surface area contributed by atoms with E-state index in [4.69, 9.17) is 11.2 Å². The summed E-state index contributed by atoms with van der Waals surface area (Å²) in [4.78, 5) is 41.3. The predicted molar refractivity (Wildman–Crippen MR) is 150 cm³/mol. The van der Waals surface area contributed by atoms with Gasteiger partial charge in [-0.15, -0.1) is 0 Å². The first-order valence-electron chi connectivity index (χ1n) is 12.5. The Morgan fingerprint density at radius 3 is 2.28 bits per heavy atom. The minimum Gasteiger partial charge on any atom is -0.508 e. The first-order valence-corrected chi connectivity index (χ1v) is 12.5. The van der Waals surface area contributed by atoms with Crippen LogP contribution in [0.1, 0.15) is 43.5 Å². The van der Waals surface area contributed by atoms with Crippen molar-refractivity contribution in [2.45, 2.75) is 51.8 Å². The smallest absolute Gasteiger partial charge is 0.408 e. The van der Waals surface area contributed by atoms with Gasteiger partial charge in [0.15, 0.2) is 0 Å². The number of hydrogen-bond acceptors (Lipinski definition) is 5. The predicted octanol–water partition coefficient (Wildman–Crippen LogP) is 4.94. The van der Waals surface area contributed by atoms with E-state index in [1.807, 2.05) is 49.4 Å². The van der Waals surface area contributed by atoms with Crippen LogP contribution in [0, 0.1) is 19.4 Å². The van der Waals surface area contributed by atoms with E-state index in [1.54, 1.807) is 45.0 Å². The second kappa shape index (κ2) is 12.7. The molecule has 0 radical (unpaired) electrons. The van der Waals surface area contributed by atoms with Gasteiger partial charge in [0, 0.05) is 18.2 Å². The zero-order valence-corrected chi connectivity index (χ0v) is 22.5. The molecule has 3 amide bonds. The highest BCUT2D eigenvalue weighted by molar-refractivity contribution is 6.00. The molecule has 39 heavy (non-hydrogen) atoms. The third-order valence-corrected chi connectivity index (χ3v) is 5.74. The van der Waals surface area contributed by atoms with Crippen LogP contribution in [-0.2, 0) is 20.7 Å². The minimum absolute atomic E-state index is 0.0988. The number of nitrogens with one attached hydrogen (secondary N) is 2. The number of hydrogen-bond donors (Lipinski definition) is 3. The fourth-order valence-electron chi connectivity index (χ4n) is 3.96. The standard InChI is InChI=1S/C31H33N3O5/c1-6-34(29(37)26(19-22-14-8-7-9-15-22)33-30(38)39-31(3,4)5)27(23-16-12-17-24(35)20-23)28(36)32-25-18-11-10-13-21(25)2/h1,7-18,20,26-27,35H,19H2,2-5H3,(H,32,36)(H,33,38). The molecular weight excluding hydrogens is 494 g/mol. The number of phenolic OH excluding ortho intramolecular Hbond substituents is 1. The van der Waals surface area contributed by atoms with E-state index in [0.29, 0.717) is 11.3 Å². The summed E-state index contributed by atoms with van der Waals surface area (Å²) in [6.45, 7) is 6.97. The molecule has 0 aliphatic rings. The molecule has 8 nitrogen and oxygen atoms in total. The molecule has 3 rings (SSSR count). The van der Waals surface area contributed by atoms with Crippen LogP contribution in [0.4, 0.5) is 10.5 Å². The van der Waals surface area contributed by atoms with Gasteiger partial charge in [-0.2, -0.15) is 0 Å². The number of alkyl carbamates (subject to hydrolysis) is 1. The van der Waals surface area contributed by atoms with Gasteiger partial charge in [-0.25, -0.2) is 4.79 Å². The van der Waals surface area contributed by atoms with Crippen LogP contribution >= 0.6 is 0 Å². The van der Waals surface area contributed by atoms with E-state index in [9.17, 15) is 19.5 Å². The number of nitrogens with zero attached hydrogens (tertiary/aromatic N) is 1. The molecule has 3 N–H and O–H groups in total. The largest absolute Gasteiger partial charge is 0.508 e. The molecule has 0 fully saturated rings. The van der Waals surface area contributed by atoms with Gasteiger partial charge in [0.1, 0.15) is 23.4 Å². The summed E-state index contributed by atoms with van der Waals surface area (Å²) in [7, 11) is 0. The zero-order chi connectivity index (χ0) is 28.6. The highest BCUT2D eigenvalue weighted by atomic mass is 16.6. The Morgan fingerprint density at radius 2 is 1.67 bits per heavy atom. The highest BCUT2D eigenvalue weighted by Crippen LogP contribution is 2.27. The Bertz CT molecular complexity index is 1360. The lowest BCUT2D eigenvalue weighted by Crippen LogP contribution is -2.51. The normalized spacial score (nSPS) is 12.4. The van der Waals surface area contributed by atoms with Gasteiger partial charge in [0.2, 0.25) is 0 Å². The molecule has 3 aromatic rings. The molecule has 2 atom stereocenters. The number of benzene rings is 3. The quantitative estimate of drug-likeness (QED) is 0.284. The SMILES string of the molecule is C#CN(C(=O)C(Cc1ccccc1)NC(=O)OC(C)(C)C)C(C(=O)Nc1ccccc1C)c1cccc(O)c1. The third-order valence-electron chi connectivity index (χ3n) is 5.74. The van der Waals surface area contributed by atoms with Crippen molar-refractivity contribution in [3.05, 3.63) is 95.6 Å². The minimum atomic E-state index is -1.31.